The van der Waals surface area contributed by atoms with Gasteiger partial charge in [0, 0.05) is 6.92 Å². The number of hydrogen-bond acceptors (Lipinski definition) is 13. The maximum Gasteiger partial charge on any atom is 0.217 e. The van der Waals surface area contributed by atoms with E-state index in [0.717, 1.165) is 6.92 Å². The van der Waals surface area contributed by atoms with Crippen LogP contribution in [0.1, 0.15) is 6.92 Å². The van der Waals surface area contributed by atoms with E-state index in [1.807, 2.05) is 0 Å². The minimum Gasteiger partial charge on any atom is -0.394 e. The summed E-state index contributed by atoms with van der Waals surface area (Å²) < 4.78 is 21.8. The molecule has 0 spiro atoms. The van der Waals surface area contributed by atoms with E-state index in [4.69, 9.17) is 24.1 Å². The van der Waals surface area contributed by atoms with Crippen LogP contribution in [0.25, 0.3) is 0 Å². The number of hydrogen-bond donors (Lipinski definition) is 9. The summed E-state index contributed by atoms with van der Waals surface area (Å²) in [5.74, 6) is -0.601. The summed E-state index contributed by atoms with van der Waals surface area (Å²) in [6.07, 6.45) is -14.9. The smallest absolute Gasteiger partial charge is 0.217 e. The van der Waals surface area contributed by atoms with Gasteiger partial charge in [-0.2, -0.15) is 0 Å². The molecule has 0 aromatic heterocycles. The molecule has 0 aromatic rings. The van der Waals surface area contributed by atoms with Crippen LogP contribution in [-0.2, 0) is 23.7 Å². The fourth-order valence-electron chi connectivity index (χ4n) is 3.34. The maximum absolute atomic E-state index is 11.5. The molecule has 2 aliphatic heterocycles. The summed E-state index contributed by atoms with van der Waals surface area (Å²) in [6.45, 7) is -1.33. The molecule has 1 amide bonds. The molecular formula is C17H31NO13. The van der Waals surface area contributed by atoms with Crippen LogP contribution in [0.4, 0.5) is 0 Å². The molecule has 2 rings (SSSR count). The fraction of sp³-hybridized carbons (Fsp3) is 0.941. The molecule has 2 heterocycles. The molecule has 0 radical (unpaired) electrons. The van der Waals surface area contributed by atoms with Gasteiger partial charge < -0.3 is 65.1 Å². The highest BCUT2D eigenvalue weighted by atomic mass is 16.8. The zero-order valence-corrected chi connectivity index (χ0v) is 16.8. The van der Waals surface area contributed by atoms with Crippen LogP contribution in [0.15, 0.2) is 0 Å². The van der Waals surface area contributed by atoms with Crippen LogP contribution in [0.5, 0.6) is 0 Å². The van der Waals surface area contributed by atoms with Gasteiger partial charge in [0.05, 0.1) is 26.4 Å². The number of carbonyl (C=O) groups excluding carboxylic acids is 1. The van der Waals surface area contributed by atoms with Crippen molar-refractivity contribution in [1.29, 1.82) is 0 Å². The standard InChI is InChI=1S/C17H31NO13/c1-6(22)18-10-13(26)11(24)8(3-20)29-16(10)31-15-14(27)12(25)9(4-21)30-17(15)28-5-7(23)2-19/h7-17,19-21,23-27H,2-5H2,1H3,(H,18,22)/t7?,8-,9-,10-,11-,12+,13-,14+,15-,16+,17-/m1/s1. The van der Waals surface area contributed by atoms with E-state index < -0.39 is 99.8 Å². The van der Waals surface area contributed by atoms with E-state index in [1.54, 1.807) is 0 Å². The van der Waals surface area contributed by atoms with Gasteiger partial charge in [-0.05, 0) is 0 Å². The van der Waals surface area contributed by atoms with E-state index in [1.165, 1.54) is 0 Å². The third kappa shape index (κ3) is 6.28. The number of aliphatic hydroxyl groups is 8. The van der Waals surface area contributed by atoms with Crippen molar-refractivity contribution in [1.82, 2.24) is 5.32 Å². The SMILES string of the molecule is CC(=O)N[C@H]1[C@H](O[C@H]2[C@H](OCC(O)CO)O[C@H](CO)[C@H](O)[C@@H]2O)O[C@H](CO)[C@@H](O)[C@@H]1O. The summed E-state index contributed by atoms with van der Waals surface area (Å²) >= 11 is 0. The topological polar surface area (TPSA) is 228 Å². The lowest BCUT2D eigenvalue weighted by Crippen LogP contribution is -2.67. The van der Waals surface area contributed by atoms with Crippen molar-refractivity contribution in [3.05, 3.63) is 0 Å². The predicted molar refractivity (Wildman–Crippen MR) is 97.0 cm³/mol. The number of rotatable bonds is 9. The number of ether oxygens (including phenoxy) is 4. The van der Waals surface area contributed by atoms with Crippen molar-refractivity contribution in [3.8, 4) is 0 Å². The van der Waals surface area contributed by atoms with E-state index in [9.17, 15) is 40.5 Å². The Morgan fingerprint density at radius 3 is 2.00 bits per heavy atom. The maximum atomic E-state index is 11.5. The largest absolute Gasteiger partial charge is 0.394 e. The monoisotopic (exact) mass is 457 g/mol. The summed E-state index contributed by atoms with van der Waals surface area (Å²) in [7, 11) is 0. The van der Waals surface area contributed by atoms with E-state index in [2.05, 4.69) is 5.32 Å². The molecule has 0 aliphatic carbocycles. The Hall–Kier alpha value is -1.01. The van der Waals surface area contributed by atoms with Gasteiger partial charge in [0.1, 0.15) is 54.9 Å². The Kier molecular flexibility index (Phi) is 9.94. The summed E-state index contributed by atoms with van der Waals surface area (Å²) in [4.78, 5) is 11.5. The molecule has 14 nitrogen and oxygen atoms in total. The Morgan fingerprint density at radius 2 is 1.48 bits per heavy atom. The van der Waals surface area contributed by atoms with Crippen molar-refractivity contribution in [3.63, 3.8) is 0 Å². The molecule has 14 heteroatoms. The predicted octanol–water partition coefficient (Wildman–Crippen LogP) is -5.88. The van der Waals surface area contributed by atoms with Crippen molar-refractivity contribution in [2.45, 2.75) is 74.4 Å². The zero-order valence-electron chi connectivity index (χ0n) is 16.8. The molecule has 1 unspecified atom stereocenters. The lowest BCUT2D eigenvalue weighted by atomic mass is 9.95. The summed E-state index contributed by atoms with van der Waals surface area (Å²) in [5.41, 5.74) is 0. The molecule has 182 valence electrons. The molecule has 2 aliphatic rings. The Morgan fingerprint density at radius 1 is 0.935 bits per heavy atom. The zero-order chi connectivity index (χ0) is 23.3. The van der Waals surface area contributed by atoms with Gasteiger partial charge in [0.25, 0.3) is 0 Å². The van der Waals surface area contributed by atoms with E-state index in [-0.39, 0.29) is 0 Å². The Bertz CT molecular complexity index is 568. The molecule has 9 N–H and O–H groups in total. The van der Waals surface area contributed by atoms with Gasteiger partial charge >= 0.3 is 0 Å². The highest BCUT2D eigenvalue weighted by molar-refractivity contribution is 5.73. The third-order valence-corrected chi connectivity index (χ3v) is 5.03. The molecule has 0 aromatic carbocycles. The first-order chi connectivity index (χ1) is 14.6. The number of amides is 1. The lowest BCUT2D eigenvalue weighted by Gasteiger charge is -2.47. The highest BCUT2D eigenvalue weighted by Crippen LogP contribution is 2.29. The molecule has 31 heavy (non-hydrogen) atoms. The normalized spacial score (nSPS) is 42.2. The second-order valence-electron chi connectivity index (χ2n) is 7.41. The van der Waals surface area contributed by atoms with Gasteiger partial charge in [-0.1, -0.05) is 0 Å². The quantitative estimate of drug-likeness (QED) is 0.157. The van der Waals surface area contributed by atoms with Gasteiger partial charge in [0.15, 0.2) is 12.6 Å². The molecule has 2 fully saturated rings. The second kappa shape index (κ2) is 11.7. The average Bonchev–Trinajstić information content (AvgIpc) is 2.75. The molecule has 2 saturated heterocycles. The third-order valence-electron chi connectivity index (χ3n) is 5.03. The van der Waals surface area contributed by atoms with Gasteiger partial charge in [-0.3, -0.25) is 4.79 Å². The number of aliphatic hydroxyl groups excluding tert-OH is 8. The molecule has 0 saturated carbocycles. The van der Waals surface area contributed by atoms with Gasteiger partial charge in [-0.25, -0.2) is 0 Å². The highest BCUT2D eigenvalue weighted by Gasteiger charge is 2.51. The number of carbonyl (C=O) groups is 1. The van der Waals surface area contributed by atoms with Crippen LogP contribution in [0.2, 0.25) is 0 Å². The summed E-state index contributed by atoms with van der Waals surface area (Å²) in [6, 6.07) is -1.33. The van der Waals surface area contributed by atoms with Crippen molar-refractivity contribution in [2.75, 3.05) is 26.4 Å². The first kappa shape index (κ1) is 26.2. The molecule has 11 atom stereocenters. The minimum absolute atomic E-state index is 0.455. The van der Waals surface area contributed by atoms with Crippen molar-refractivity contribution in [2.24, 2.45) is 0 Å². The van der Waals surface area contributed by atoms with Crippen LogP contribution in [-0.4, -0.2) is 141 Å². The molecular weight excluding hydrogens is 426 g/mol. The first-order valence-corrected chi connectivity index (χ1v) is 9.72. The van der Waals surface area contributed by atoms with E-state index in [0.29, 0.717) is 0 Å². The first-order valence-electron chi connectivity index (χ1n) is 9.72. The van der Waals surface area contributed by atoms with Crippen LogP contribution < -0.4 is 5.32 Å². The lowest BCUT2D eigenvalue weighted by molar-refractivity contribution is -0.356. The van der Waals surface area contributed by atoms with Gasteiger partial charge in [-0.15, -0.1) is 0 Å². The molecule has 0 bridgehead atoms. The second-order valence-corrected chi connectivity index (χ2v) is 7.41. The van der Waals surface area contributed by atoms with Crippen molar-refractivity contribution >= 4 is 5.91 Å². The summed E-state index contributed by atoms with van der Waals surface area (Å²) in [5, 5.41) is 80.7. The fourth-order valence-corrected chi connectivity index (χ4v) is 3.34. The Labute approximate surface area is 177 Å². The number of nitrogens with one attached hydrogen (secondary N) is 1. The van der Waals surface area contributed by atoms with Crippen molar-refractivity contribution < 1.29 is 64.6 Å². The van der Waals surface area contributed by atoms with Gasteiger partial charge in [0.2, 0.25) is 5.91 Å². The van der Waals surface area contributed by atoms with Crippen LogP contribution >= 0.6 is 0 Å². The van der Waals surface area contributed by atoms with Crippen LogP contribution in [0.3, 0.4) is 0 Å². The average molecular weight is 457 g/mol. The van der Waals surface area contributed by atoms with E-state index >= 15 is 0 Å². The van der Waals surface area contributed by atoms with Crippen LogP contribution in [0, 0.1) is 0 Å². The minimum atomic E-state index is -1.71. The Balaban J connectivity index is 2.25.